The third-order valence-corrected chi connectivity index (χ3v) is 8.73. The first-order chi connectivity index (χ1) is 21.2. The number of rotatable bonds is 15. The minimum Gasteiger partial charge on any atom is -0.486 e. The minimum atomic E-state index is -3.65. The number of nitrogens with one attached hydrogen (secondary N) is 1. The molecule has 4 rings (SSSR count). The van der Waals surface area contributed by atoms with Crippen molar-refractivity contribution < 1.29 is 27.5 Å². The second-order valence-electron chi connectivity index (χ2n) is 11.1. The van der Waals surface area contributed by atoms with E-state index in [0.29, 0.717) is 43.4 Å². The number of carbonyl (C=O) groups excluding carboxylic acids is 2. The maximum Gasteiger partial charge on any atom is 0.243 e. The largest absolute Gasteiger partial charge is 0.486 e. The van der Waals surface area contributed by atoms with Crippen LogP contribution in [-0.4, -0.2) is 63.7 Å². The lowest BCUT2D eigenvalue weighted by Gasteiger charge is -2.32. The molecule has 2 amide bonds. The Morgan fingerprint density at radius 1 is 0.909 bits per heavy atom. The first-order valence-electron chi connectivity index (χ1n) is 15.2. The zero-order valence-corrected chi connectivity index (χ0v) is 26.6. The predicted molar refractivity (Wildman–Crippen MR) is 172 cm³/mol. The number of benzene rings is 3. The van der Waals surface area contributed by atoms with Gasteiger partial charge in [0.25, 0.3) is 0 Å². The number of nitrogens with zero attached hydrogens (tertiary/aromatic N) is 2. The average molecular weight is 622 g/mol. The molecule has 0 radical (unpaired) electrons. The van der Waals surface area contributed by atoms with Gasteiger partial charge < -0.3 is 19.7 Å². The fourth-order valence-electron chi connectivity index (χ4n) is 5.14. The molecule has 0 spiro atoms. The number of ether oxygens (including phenoxy) is 2. The third-order valence-electron chi connectivity index (χ3n) is 7.54. The number of aryl methyl sites for hydroxylation is 1. The first kappa shape index (κ1) is 32.9. The molecule has 3 aromatic carbocycles. The molecule has 0 unspecified atom stereocenters. The molecule has 1 N–H and O–H groups in total. The maximum atomic E-state index is 14.0. The minimum absolute atomic E-state index is 0.0654. The quantitative estimate of drug-likeness (QED) is 0.243. The van der Waals surface area contributed by atoms with Gasteiger partial charge in [-0.25, -0.2) is 8.42 Å². The van der Waals surface area contributed by atoms with Crippen LogP contribution in [0.2, 0.25) is 0 Å². The van der Waals surface area contributed by atoms with Crippen LogP contribution in [0.5, 0.6) is 11.5 Å². The highest BCUT2D eigenvalue weighted by Gasteiger charge is 2.30. The molecule has 3 aromatic rings. The van der Waals surface area contributed by atoms with Crippen molar-refractivity contribution in [1.29, 1.82) is 0 Å². The zero-order valence-electron chi connectivity index (χ0n) is 25.8. The van der Waals surface area contributed by atoms with Crippen LogP contribution in [0.3, 0.4) is 0 Å². The summed E-state index contributed by atoms with van der Waals surface area (Å²) in [4.78, 5) is 29.2. The molecule has 1 heterocycles. The van der Waals surface area contributed by atoms with Crippen LogP contribution in [0.25, 0.3) is 0 Å². The fourth-order valence-corrected chi connectivity index (χ4v) is 6.10. The summed E-state index contributed by atoms with van der Waals surface area (Å²) in [6, 6.07) is 21.9. The molecule has 0 saturated carbocycles. The summed E-state index contributed by atoms with van der Waals surface area (Å²) in [5.41, 5.74) is 3.41. The molecule has 1 atom stereocenters. The lowest BCUT2D eigenvalue weighted by Crippen LogP contribution is -2.50. The number of carbonyl (C=O) groups is 2. The Hall–Kier alpha value is -4.05. The Morgan fingerprint density at radius 2 is 1.61 bits per heavy atom. The van der Waals surface area contributed by atoms with Crippen LogP contribution in [0.15, 0.2) is 72.8 Å². The van der Waals surface area contributed by atoms with Gasteiger partial charge in [-0.2, -0.15) is 0 Å². The van der Waals surface area contributed by atoms with Gasteiger partial charge in [-0.1, -0.05) is 73.5 Å². The van der Waals surface area contributed by atoms with Crippen molar-refractivity contribution in [1.82, 2.24) is 10.2 Å². The Bertz CT molecular complexity index is 1500. The van der Waals surface area contributed by atoms with Crippen molar-refractivity contribution in [3.8, 4) is 11.5 Å². The molecule has 1 aliphatic heterocycles. The molecule has 0 aliphatic carbocycles. The molecule has 9 nitrogen and oxygen atoms in total. The third kappa shape index (κ3) is 9.22. The Morgan fingerprint density at radius 3 is 2.30 bits per heavy atom. The monoisotopic (exact) mass is 621 g/mol. The van der Waals surface area contributed by atoms with Crippen molar-refractivity contribution >= 4 is 27.5 Å². The number of hydrogen-bond donors (Lipinski definition) is 1. The first-order valence-corrected chi connectivity index (χ1v) is 17.0. The van der Waals surface area contributed by atoms with E-state index in [-0.39, 0.29) is 37.7 Å². The molecule has 0 fully saturated rings. The summed E-state index contributed by atoms with van der Waals surface area (Å²) in [6.07, 6.45) is 3.62. The van der Waals surface area contributed by atoms with Crippen molar-refractivity contribution in [2.45, 2.75) is 58.5 Å². The van der Waals surface area contributed by atoms with Gasteiger partial charge in [-0.05, 0) is 43.0 Å². The maximum absolute atomic E-state index is 14.0. The molecule has 0 aromatic heterocycles. The average Bonchev–Trinajstić information content (AvgIpc) is 3.01. The van der Waals surface area contributed by atoms with Gasteiger partial charge in [0.05, 0.1) is 11.9 Å². The summed E-state index contributed by atoms with van der Waals surface area (Å²) in [6.45, 7) is 5.77. The molecule has 44 heavy (non-hydrogen) atoms. The molecule has 236 valence electrons. The van der Waals surface area contributed by atoms with Gasteiger partial charge in [-0.3, -0.25) is 13.9 Å². The Kier molecular flexibility index (Phi) is 11.7. The summed E-state index contributed by atoms with van der Waals surface area (Å²) >= 11 is 0. The highest BCUT2D eigenvalue weighted by Crippen LogP contribution is 2.34. The summed E-state index contributed by atoms with van der Waals surface area (Å²) < 4.78 is 38.1. The van der Waals surface area contributed by atoms with E-state index in [2.05, 4.69) is 12.2 Å². The van der Waals surface area contributed by atoms with E-state index in [4.69, 9.17) is 9.47 Å². The lowest BCUT2D eigenvalue weighted by atomic mass is 10.0. The normalized spacial score (nSPS) is 13.2. The summed E-state index contributed by atoms with van der Waals surface area (Å²) in [7, 11) is -3.65. The number of sulfonamides is 1. The highest BCUT2D eigenvalue weighted by atomic mass is 32.2. The van der Waals surface area contributed by atoms with E-state index in [1.54, 1.807) is 23.1 Å². The van der Waals surface area contributed by atoms with Crippen LogP contribution in [-0.2, 0) is 32.6 Å². The number of amides is 2. The van der Waals surface area contributed by atoms with Crippen molar-refractivity contribution in [2.24, 2.45) is 0 Å². The van der Waals surface area contributed by atoms with Crippen LogP contribution in [0.1, 0.15) is 49.3 Å². The topological polar surface area (TPSA) is 105 Å². The van der Waals surface area contributed by atoms with E-state index in [1.807, 2.05) is 61.5 Å². The summed E-state index contributed by atoms with van der Waals surface area (Å²) in [5, 5.41) is 3.03. The van der Waals surface area contributed by atoms with Crippen LogP contribution >= 0.6 is 0 Å². The molecular formula is C34H43N3O6S. The number of fused-ring (bicyclic) bond motifs is 1. The zero-order chi connectivity index (χ0) is 31.5. The van der Waals surface area contributed by atoms with Crippen LogP contribution < -0.4 is 19.1 Å². The van der Waals surface area contributed by atoms with Gasteiger partial charge in [-0.15, -0.1) is 0 Å². The Balaban J connectivity index is 1.56. The van der Waals surface area contributed by atoms with Gasteiger partial charge >= 0.3 is 0 Å². The number of anilines is 1. The molecule has 10 heteroatoms. The fraction of sp³-hybridized carbons (Fsp3) is 0.412. The van der Waals surface area contributed by atoms with Crippen LogP contribution in [0, 0.1) is 6.92 Å². The van der Waals surface area contributed by atoms with Crippen LogP contribution in [0.4, 0.5) is 5.69 Å². The molecule has 0 bridgehead atoms. The number of unbranched alkanes of at least 4 members (excludes halogenated alkanes) is 1. The predicted octanol–water partition coefficient (Wildman–Crippen LogP) is 4.87. The van der Waals surface area contributed by atoms with E-state index < -0.39 is 16.1 Å². The smallest absolute Gasteiger partial charge is 0.243 e. The Labute approximate surface area is 261 Å². The van der Waals surface area contributed by atoms with E-state index in [1.165, 1.54) is 4.31 Å². The second kappa shape index (κ2) is 15.6. The second-order valence-corrected chi connectivity index (χ2v) is 13.0. The SMILES string of the molecule is CCCCNC(=O)[C@@H](Cc1ccccc1)N(Cc1ccc(C)cc1)C(=O)CCCN(c1ccc2c(c1)OCCO2)S(C)(=O)=O. The van der Waals surface area contributed by atoms with Gasteiger partial charge in [0.2, 0.25) is 21.8 Å². The standard InChI is InChI=1S/C34H43N3O6S/c1-4-5-19-35-34(39)30(23-27-10-7-6-8-11-27)36(25-28-15-13-26(2)14-16-28)33(38)12-9-20-37(44(3,40)41)29-17-18-31-32(24-29)43-22-21-42-31/h6-8,10-11,13-18,24,30H,4-5,9,12,19-23,25H2,1-3H3,(H,35,39)/t30-/m1/s1. The molecule has 0 saturated heterocycles. The summed E-state index contributed by atoms with van der Waals surface area (Å²) in [5.74, 6) is 0.641. The van der Waals surface area contributed by atoms with Crippen molar-refractivity contribution in [3.63, 3.8) is 0 Å². The molecule has 1 aliphatic rings. The van der Waals surface area contributed by atoms with E-state index >= 15 is 0 Å². The molecular weight excluding hydrogens is 578 g/mol. The lowest BCUT2D eigenvalue weighted by molar-refractivity contribution is -0.141. The number of hydrogen-bond acceptors (Lipinski definition) is 6. The van der Waals surface area contributed by atoms with E-state index in [9.17, 15) is 18.0 Å². The van der Waals surface area contributed by atoms with Gasteiger partial charge in [0.1, 0.15) is 19.3 Å². The van der Waals surface area contributed by atoms with Gasteiger partial charge in [0, 0.05) is 38.5 Å². The van der Waals surface area contributed by atoms with Crippen molar-refractivity contribution in [2.75, 3.05) is 36.9 Å². The van der Waals surface area contributed by atoms with E-state index in [0.717, 1.165) is 35.8 Å². The van der Waals surface area contributed by atoms with Gasteiger partial charge in [0.15, 0.2) is 11.5 Å². The highest BCUT2D eigenvalue weighted by molar-refractivity contribution is 7.92. The van der Waals surface area contributed by atoms with Crippen molar-refractivity contribution in [3.05, 3.63) is 89.5 Å².